The first-order chi connectivity index (χ1) is 7.82. The lowest BCUT2D eigenvalue weighted by molar-refractivity contribution is -0.144. The highest BCUT2D eigenvalue weighted by molar-refractivity contribution is 5.83. The van der Waals surface area contributed by atoms with Gasteiger partial charge in [0.05, 0.1) is 7.11 Å². The normalized spacial score (nSPS) is 13.0. The maximum absolute atomic E-state index is 11.4. The van der Waals surface area contributed by atoms with E-state index in [0.717, 1.165) is 0 Å². The Labute approximate surface area is 102 Å². The Hall–Kier alpha value is -1.14. The minimum Gasteiger partial charge on any atom is -0.467 e. The number of carbonyl (C=O) groups excluding carboxylic acids is 2. The Morgan fingerprint density at radius 3 is 2.41 bits per heavy atom. The molecule has 17 heavy (non-hydrogen) atoms. The van der Waals surface area contributed by atoms with Gasteiger partial charge in [-0.2, -0.15) is 0 Å². The Morgan fingerprint density at radius 1 is 1.41 bits per heavy atom. The molecule has 0 saturated heterocycles. The second-order valence-corrected chi connectivity index (χ2v) is 4.51. The standard InChI is InChI=1S/C11H22N2O4/c1-8(15)13-9(10(16)17-4)7-12-11(2,3)5-6-14/h9,12,14H,5-7H2,1-4H3,(H,13,15). The first-order valence-corrected chi connectivity index (χ1v) is 5.53. The average Bonchev–Trinajstić information content (AvgIpc) is 2.22. The number of hydrogen-bond donors (Lipinski definition) is 3. The van der Waals surface area contributed by atoms with Gasteiger partial charge in [0.25, 0.3) is 0 Å². The first kappa shape index (κ1) is 15.9. The van der Waals surface area contributed by atoms with Crippen LogP contribution >= 0.6 is 0 Å². The molecule has 6 nitrogen and oxygen atoms in total. The van der Waals surface area contributed by atoms with Crippen molar-refractivity contribution in [1.29, 1.82) is 0 Å². The zero-order valence-corrected chi connectivity index (χ0v) is 10.9. The van der Waals surface area contributed by atoms with Crippen LogP contribution in [0.5, 0.6) is 0 Å². The van der Waals surface area contributed by atoms with Crippen LogP contribution < -0.4 is 10.6 Å². The van der Waals surface area contributed by atoms with Crippen molar-refractivity contribution in [1.82, 2.24) is 10.6 Å². The van der Waals surface area contributed by atoms with Crippen LogP contribution in [0.4, 0.5) is 0 Å². The molecule has 0 aromatic heterocycles. The summed E-state index contributed by atoms with van der Waals surface area (Å²) in [5, 5.41) is 14.5. The van der Waals surface area contributed by atoms with E-state index >= 15 is 0 Å². The van der Waals surface area contributed by atoms with Gasteiger partial charge in [-0.15, -0.1) is 0 Å². The van der Waals surface area contributed by atoms with Crippen molar-refractivity contribution >= 4 is 11.9 Å². The molecule has 1 amide bonds. The van der Waals surface area contributed by atoms with Crippen molar-refractivity contribution in [2.24, 2.45) is 0 Å². The molecule has 0 aromatic carbocycles. The van der Waals surface area contributed by atoms with Gasteiger partial charge < -0.3 is 20.5 Å². The van der Waals surface area contributed by atoms with Crippen LogP contribution in [0.1, 0.15) is 27.2 Å². The van der Waals surface area contributed by atoms with Gasteiger partial charge in [0.15, 0.2) is 0 Å². The molecule has 0 spiro atoms. The van der Waals surface area contributed by atoms with Crippen LogP contribution in [0.2, 0.25) is 0 Å². The number of rotatable bonds is 7. The molecule has 100 valence electrons. The summed E-state index contributed by atoms with van der Waals surface area (Å²) in [6.07, 6.45) is 0.557. The third-order valence-corrected chi connectivity index (χ3v) is 2.38. The molecule has 0 aliphatic heterocycles. The molecule has 0 radical (unpaired) electrons. The fourth-order valence-electron chi connectivity index (χ4n) is 1.33. The average molecular weight is 246 g/mol. The zero-order chi connectivity index (χ0) is 13.5. The molecule has 0 aliphatic carbocycles. The molecule has 1 unspecified atom stereocenters. The summed E-state index contributed by atoms with van der Waals surface area (Å²) in [4.78, 5) is 22.3. The van der Waals surface area contributed by atoms with Crippen LogP contribution in [0.25, 0.3) is 0 Å². The van der Waals surface area contributed by atoms with Gasteiger partial charge in [0.1, 0.15) is 6.04 Å². The van der Waals surface area contributed by atoms with Crippen molar-refractivity contribution in [3.05, 3.63) is 0 Å². The predicted molar refractivity (Wildman–Crippen MR) is 63.4 cm³/mol. The zero-order valence-electron chi connectivity index (χ0n) is 10.9. The van der Waals surface area contributed by atoms with Gasteiger partial charge in [-0.3, -0.25) is 4.79 Å². The molecule has 6 heteroatoms. The Kier molecular flexibility index (Phi) is 6.75. The Bertz CT molecular complexity index is 266. The number of methoxy groups -OCH3 is 1. The molecule has 0 aromatic rings. The molecule has 0 heterocycles. The van der Waals surface area contributed by atoms with Crippen molar-refractivity contribution in [2.75, 3.05) is 20.3 Å². The summed E-state index contributed by atoms with van der Waals surface area (Å²) in [6.45, 7) is 5.48. The predicted octanol–water partition coefficient (Wildman–Crippen LogP) is -0.585. The number of nitrogens with one attached hydrogen (secondary N) is 2. The van der Waals surface area contributed by atoms with E-state index in [-0.39, 0.29) is 24.6 Å². The lowest BCUT2D eigenvalue weighted by atomic mass is 10.0. The van der Waals surface area contributed by atoms with E-state index < -0.39 is 12.0 Å². The molecular formula is C11H22N2O4. The first-order valence-electron chi connectivity index (χ1n) is 5.53. The highest BCUT2D eigenvalue weighted by Crippen LogP contribution is 2.07. The number of carbonyl (C=O) groups is 2. The minimum absolute atomic E-state index is 0.0586. The summed E-state index contributed by atoms with van der Waals surface area (Å²) in [5.41, 5.74) is -0.306. The Morgan fingerprint density at radius 2 is 2.00 bits per heavy atom. The minimum atomic E-state index is -0.713. The number of esters is 1. The van der Waals surface area contributed by atoms with Gasteiger partial charge in [-0.1, -0.05) is 0 Å². The van der Waals surface area contributed by atoms with Crippen LogP contribution in [0.3, 0.4) is 0 Å². The fraction of sp³-hybridized carbons (Fsp3) is 0.818. The molecule has 3 N–H and O–H groups in total. The maximum atomic E-state index is 11.4. The Balaban J connectivity index is 4.34. The molecule has 0 fully saturated rings. The SMILES string of the molecule is COC(=O)C(CNC(C)(C)CCO)NC(C)=O. The van der Waals surface area contributed by atoms with Crippen molar-refractivity contribution < 1.29 is 19.4 Å². The number of amides is 1. The second kappa shape index (κ2) is 7.24. The summed E-state index contributed by atoms with van der Waals surface area (Å²) in [5.74, 6) is -0.783. The van der Waals surface area contributed by atoms with E-state index in [1.54, 1.807) is 0 Å². The smallest absolute Gasteiger partial charge is 0.329 e. The molecule has 0 aliphatic rings. The molecular weight excluding hydrogens is 224 g/mol. The summed E-state index contributed by atoms with van der Waals surface area (Å²) in [7, 11) is 1.27. The van der Waals surface area contributed by atoms with Gasteiger partial charge >= 0.3 is 5.97 Å². The topological polar surface area (TPSA) is 87.7 Å². The highest BCUT2D eigenvalue weighted by Gasteiger charge is 2.24. The molecule has 0 bridgehead atoms. The molecule has 0 rings (SSSR count). The van der Waals surface area contributed by atoms with Gasteiger partial charge in [-0.25, -0.2) is 4.79 Å². The third kappa shape index (κ3) is 6.91. The number of aliphatic hydroxyl groups excluding tert-OH is 1. The summed E-state index contributed by atoms with van der Waals surface area (Å²) >= 11 is 0. The van der Waals surface area contributed by atoms with E-state index in [2.05, 4.69) is 15.4 Å². The second-order valence-electron chi connectivity index (χ2n) is 4.51. The molecule has 0 saturated carbocycles. The van der Waals surface area contributed by atoms with Gasteiger partial charge in [-0.05, 0) is 20.3 Å². The van der Waals surface area contributed by atoms with E-state index in [4.69, 9.17) is 5.11 Å². The van der Waals surface area contributed by atoms with Crippen molar-refractivity contribution in [3.8, 4) is 0 Å². The van der Waals surface area contributed by atoms with Crippen LogP contribution in [0.15, 0.2) is 0 Å². The third-order valence-electron chi connectivity index (χ3n) is 2.38. The monoisotopic (exact) mass is 246 g/mol. The number of hydrogen-bond acceptors (Lipinski definition) is 5. The lowest BCUT2D eigenvalue weighted by Crippen LogP contribution is -2.52. The number of ether oxygens (including phenoxy) is 1. The van der Waals surface area contributed by atoms with Gasteiger partial charge in [0.2, 0.25) is 5.91 Å². The van der Waals surface area contributed by atoms with E-state index in [1.807, 2.05) is 13.8 Å². The summed E-state index contributed by atoms with van der Waals surface area (Å²) in [6, 6.07) is -0.713. The highest BCUT2D eigenvalue weighted by atomic mass is 16.5. The van der Waals surface area contributed by atoms with E-state index in [0.29, 0.717) is 6.42 Å². The van der Waals surface area contributed by atoms with Crippen molar-refractivity contribution in [2.45, 2.75) is 38.8 Å². The van der Waals surface area contributed by atoms with Gasteiger partial charge in [0, 0.05) is 25.6 Å². The van der Waals surface area contributed by atoms with Crippen molar-refractivity contribution in [3.63, 3.8) is 0 Å². The van der Waals surface area contributed by atoms with E-state index in [9.17, 15) is 9.59 Å². The van der Waals surface area contributed by atoms with Crippen LogP contribution in [-0.4, -0.2) is 48.8 Å². The largest absolute Gasteiger partial charge is 0.467 e. The quantitative estimate of drug-likeness (QED) is 0.523. The summed E-state index contributed by atoms with van der Waals surface area (Å²) < 4.78 is 4.60. The van der Waals surface area contributed by atoms with E-state index in [1.165, 1.54) is 14.0 Å². The van der Waals surface area contributed by atoms with Crippen LogP contribution in [-0.2, 0) is 14.3 Å². The fourth-order valence-corrected chi connectivity index (χ4v) is 1.33. The molecule has 1 atom stereocenters. The lowest BCUT2D eigenvalue weighted by Gasteiger charge is -2.27. The number of aliphatic hydroxyl groups is 1. The van der Waals surface area contributed by atoms with Crippen LogP contribution in [0, 0.1) is 0 Å². The maximum Gasteiger partial charge on any atom is 0.329 e.